The van der Waals surface area contributed by atoms with E-state index in [1.807, 2.05) is 40.2 Å². The van der Waals surface area contributed by atoms with Crippen molar-refractivity contribution in [2.75, 3.05) is 20.6 Å². The van der Waals surface area contributed by atoms with Gasteiger partial charge in [0, 0.05) is 12.7 Å². The summed E-state index contributed by atoms with van der Waals surface area (Å²) in [5.41, 5.74) is 1.44. The maximum absolute atomic E-state index is 12.7. The molecule has 0 aliphatic carbocycles. The first-order valence-corrected chi connectivity index (χ1v) is 7.35. The molecule has 0 radical (unpaired) electrons. The molecule has 0 atom stereocenters. The SMILES string of the molecule is Cc1nc2nc(C)c3c(=O)n(CCCN(C)C)ccc3n2n1. The minimum absolute atomic E-state index is 0.0173. The zero-order chi connectivity index (χ0) is 15.9. The molecule has 0 bridgehead atoms. The van der Waals surface area contributed by atoms with E-state index < -0.39 is 0 Å². The van der Waals surface area contributed by atoms with E-state index in [2.05, 4.69) is 20.0 Å². The highest BCUT2D eigenvalue weighted by Crippen LogP contribution is 2.14. The van der Waals surface area contributed by atoms with Crippen LogP contribution in [0.4, 0.5) is 0 Å². The Kier molecular flexibility index (Phi) is 3.66. The van der Waals surface area contributed by atoms with Gasteiger partial charge in [-0.3, -0.25) is 4.79 Å². The van der Waals surface area contributed by atoms with Crippen molar-refractivity contribution in [3.63, 3.8) is 0 Å². The summed E-state index contributed by atoms with van der Waals surface area (Å²) in [6.07, 6.45) is 2.76. The van der Waals surface area contributed by atoms with Crippen molar-refractivity contribution in [2.24, 2.45) is 0 Å². The summed E-state index contributed by atoms with van der Waals surface area (Å²) in [7, 11) is 4.06. The van der Waals surface area contributed by atoms with E-state index in [1.54, 1.807) is 9.08 Å². The second kappa shape index (κ2) is 5.49. The Labute approximate surface area is 128 Å². The van der Waals surface area contributed by atoms with Crippen molar-refractivity contribution in [1.29, 1.82) is 0 Å². The van der Waals surface area contributed by atoms with Crippen molar-refractivity contribution in [2.45, 2.75) is 26.8 Å². The Morgan fingerprint density at radius 3 is 2.73 bits per heavy atom. The minimum atomic E-state index is -0.0173. The summed E-state index contributed by atoms with van der Waals surface area (Å²) in [4.78, 5) is 23.5. The van der Waals surface area contributed by atoms with Crippen LogP contribution in [0.5, 0.6) is 0 Å². The van der Waals surface area contributed by atoms with E-state index in [4.69, 9.17) is 0 Å². The maximum Gasteiger partial charge on any atom is 0.261 e. The number of aryl methyl sites for hydroxylation is 3. The van der Waals surface area contributed by atoms with E-state index in [9.17, 15) is 4.79 Å². The monoisotopic (exact) mass is 300 g/mol. The number of hydrogen-bond acceptors (Lipinski definition) is 5. The number of aromatic nitrogens is 5. The number of pyridine rings is 1. The zero-order valence-electron chi connectivity index (χ0n) is 13.4. The fourth-order valence-corrected chi connectivity index (χ4v) is 2.66. The highest BCUT2D eigenvalue weighted by Gasteiger charge is 2.13. The first-order chi connectivity index (χ1) is 10.5. The van der Waals surface area contributed by atoms with Gasteiger partial charge in [-0.05, 0) is 47.0 Å². The first-order valence-electron chi connectivity index (χ1n) is 7.35. The predicted molar refractivity (Wildman–Crippen MR) is 85.2 cm³/mol. The molecule has 0 aliphatic heterocycles. The normalized spacial score (nSPS) is 11.9. The van der Waals surface area contributed by atoms with Crippen molar-refractivity contribution in [1.82, 2.24) is 29.0 Å². The molecule has 0 fully saturated rings. The van der Waals surface area contributed by atoms with Gasteiger partial charge in [-0.1, -0.05) is 0 Å². The third kappa shape index (κ3) is 2.48. The summed E-state index contributed by atoms with van der Waals surface area (Å²) in [5.74, 6) is 1.18. The van der Waals surface area contributed by atoms with E-state index in [-0.39, 0.29) is 5.56 Å². The molecule has 3 aromatic rings. The first kappa shape index (κ1) is 14.6. The fraction of sp³-hybridized carbons (Fsp3) is 0.467. The lowest BCUT2D eigenvalue weighted by Gasteiger charge is -2.11. The molecule has 0 aromatic carbocycles. The summed E-state index contributed by atoms with van der Waals surface area (Å²) < 4.78 is 3.39. The zero-order valence-corrected chi connectivity index (χ0v) is 13.4. The molecule has 3 rings (SSSR count). The van der Waals surface area contributed by atoms with Crippen LogP contribution in [0, 0.1) is 13.8 Å². The number of fused-ring (bicyclic) bond motifs is 3. The van der Waals surface area contributed by atoms with Gasteiger partial charge < -0.3 is 9.47 Å². The van der Waals surface area contributed by atoms with Gasteiger partial charge in [0.1, 0.15) is 5.82 Å². The summed E-state index contributed by atoms with van der Waals surface area (Å²) in [6, 6.07) is 1.92. The predicted octanol–water partition coefficient (Wildman–Crippen LogP) is 1.01. The van der Waals surface area contributed by atoms with Crippen molar-refractivity contribution >= 4 is 16.7 Å². The fourth-order valence-electron chi connectivity index (χ4n) is 2.66. The molecule has 22 heavy (non-hydrogen) atoms. The molecule has 0 saturated carbocycles. The molecule has 3 heterocycles. The average molecular weight is 300 g/mol. The van der Waals surface area contributed by atoms with Crippen LogP contribution in [0.2, 0.25) is 0 Å². The second-order valence-electron chi connectivity index (χ2n) is 5.80. The standard InChI is InChI=1S/C15H20N6O/c1-10-13-12(21-15(16-10)17-11(2)18-21)6-9-20(14(13)22)8-5-7-19(3)4/h6,9H,5,7-8H2,1-4H3. The summed E-state index contributed by atoms with van der Waals surface area (Å²) in [5, 5.41) is 4.94. The van der Waals surface area contributed by atoms with Crippen LogP contribution < -0.4 is 5.56 Å². The number of nitrogens with zero attached hydrogens (tertiary/aromatic N) is 6. The Hall–Kier alpha value is -2.28. The molecule has 116 valence electrons. The van der Waals surface area contributed by atoms with Crippen LogP contribution in [-0.2, 0) is 6.54 Å². The second-order valence-corrected chi connectivity index (χ2v) is 5.80. The summed E-state index contributed by atoms with van der Waals surface area (Å²) in [6.45, 7) is 5.31. The quantitative estimate of drug-likeness (QED) is 0.719. The van der Waals surface area contributed by atoms with Crippen LogP contribution in [0.15, 0.2) is 17.1 Å². The molecule has 0 N–H and O–H groups in total. The molecule has 0 spiro atoms. The van der Waals surface area contributed by atoms with Gasteiger partial charge in [-0.2, -0.15) is 9.50 Å². The summed E-state index contributed by atoms with van der Waals surface area (Å²) >= 11 is 0. The van der Waals surface area contributed by atoms with E-state index in [0.717, 1.165) is 18.5 Å². The molecule has 0 aliphatic rings. The highest BCUT2D eigenvalue weighted by molar-refractivity contribution is 5.81. The van der Waals surface area contributed by atoms with Crippen molar-refractivity contribution in [3.8, 4) is 0 Å². The van der Waals surface area contributed by atoms with Crippen molar-refractivity contribution in [3.05, 3.63) is 34.1 Å². The molecule has 0 unspecified atom stereocenters. The maximum atomic E-state index is 12.7. The minimum Gasteiger partial charge on any atom is -0.315 e. The Bertz CT molecular complexity index is 892. The molecule has 0 amide bonds. The van der Waals surface area contributed by atoms with Gasteiger partial charge in [0.2, 0.25) is 0 Å². The third-order valence-corrected chi connectivity index (χ3v) is 3.70. The highest BCUT2D eigenvalue weighted by atomic mass is 16.1. The van der Waals surface area contributed by atoms with Crippen molar-refractivity contribution < 1.29 is 0 Å². The van der Waals surface area contributed by atoms with Crippen LogP contribution in [0.1, 0.15) is 17.9 Å². The van der Waals surface area contributed by atoms with E-state index in [1.165, 1.54) is 0 Å². The lowest BCUT2D eigenvalue weighted by Crippen LogP contribution is -2.23. The molecule has 3 aromatic heterocycles. The molecular formula is C15H20N6O. The Morgan fingerprint density at radius 2 is 2.00 bits per heavy atom. The molecule has 7 nitrogen and oxygen atoms in total. The van der Waals surface area contributed by atoms with Gasteiger partial charge in [0.25, 0.3) is 11.3 Å². The largest absolute Gasteiger partial charge is 0.315 e. The molecule has 7 heteroatoms. The lowest BCUT2D eigenvalue weighted by molar-refractivity contribution is 0.385. The van der Waals surface area contributed by atoms with Gasteiger partial charge in [-0.25, -0.2) is 4.98 Å². The van der Waals surface area contributed by atoms with Crippen LogP contribution in [-0.4, -0.2) is 49.7 Å². The van der Waals surface area contributed by atoms with E-state index in [0.29, 0.717) is 29.2 Å². The van der Waals surface area contributed by atoms with Gasteiger partial charge >= 0.3 is 0 Å². The van der Waals surface area contributed by atoms with E-state index >= 15 is 0 Å². The molecular weight excluding hydrogens is 280 g/mol. The van der Waals surface area contributed by atoms with Gasteiger partial charge in [-0.15, -0.1) is 5.10 Å². The van der Waals surface area contributed by atoms with Crippen LogP contribution >= 0.6 is 0 Å². The smallest absolute Gasteiger partial charge is 0.261 e. The van der Waals surface area contributed by atoms with Gasteiger partial charge in [0.05, 0.1) is 16.6 Å². The third-order valence-electron chi connectivity index (χ3n) is 3.70. The van der Waals surface area contributed by atoms with Gasteiger partial charge in [0.15, 0.2) is 0 Å². The number of hydrogen-bond donors (Lipinski definition) is 0. The molecule has 0 saturated heterocycles. The average Bonchev–Trinajstić information content (AvgIpc) is 2.80. The Balaban J connectivity index is 2.12. The number of rotatable bonds is 4. The topological polar surface area (TPSA) is 68.3 Å². The lowest BCUT2D eigenvalue weighted by atomic mass is 10.2. The van der Waals surface area contributed by atoms with Crippen LogP contribution in [0.25, 0.3) is 16.7 Å². The Morgan fingerprint density at radius 1 is 1.23 bits per heavy atom. The van der Waals surface area contributed by atoms with Crippen LogP contribution in [0.3, 0.4) is 0 Å².